The van der Waals surface area contributed by atoms with Crippen molar-refractivity contribution in [1.82, 2.24) is 9.80 Å². The Morgan fingerprint density at radius 3 is 1.90 bits per heavy atom. The average Bonchev–Trinajstić information content (AvgIpc) is 2.65. The SMILES string of the molecule is O=C(N1CCCC1)N1CC1. The summed E-state index contributed by atoms with van der Waals surface area (Å²) < 4.78 is 0. The molecule has 0 N–H and O–H groups in total. The Balaban J connectivity index is 1.90. The Bertz CT molecular complexity index is 148. The molecule has 2 aliphatic heterocycles. The molecule has 3 nitrogen and oxygen atoms in total. The second-order valence-electron chi connectivity index (χ2n) is 2.96. The number of carbonyl (C=O) groups excluding carboxylic acids is 1. The molecule has 0 aliphatic carbocycles. The third kappa shape index (κ3) is 0.958. The van der Waals surface area contributed by atoms with Gasteiger partial charge in [-0.1, -0.05) is 0 Å². The molecule has 2 heterocycles. The van der Waals surface area contributed by atoms with E-state index in [1.54, 1.807) is 0 Å². The predicted octanol–water partition coefficient (Wildman–Crippen LogP) is 0.518. The van der Waals surface area contributed by atoms with Crippen LogP contribution in [0.3, 0.4) is 0 Å². The number of carbonyl (C=O) groups is 1. The zero-order chi connectivity index (χ0) is 6.97. The van der Waals surface area contributed by atoms with E-state index in [0.29, 0.717) is 0 Å². The van der Waals surface area contributed by atoms with E-state index in [2.05, 4.69) is 0 Å². The molecule has 0 bridgehead atoms. The molecule has 2 fully saturated rings. The third-order valence-electron chi connectivity index (χ3n) is 2.09. The van der Waals surface area contributed by atoms with Crippen molar-refractivity contribution in [2.75, 3.05) is 26.2 Å². The van der Waals surface area contributed by atoms with Crippen LogP contribution in [-0.2, 0) is 0 Å². The van der Waals surface area contributed by atoms with Crippen molar-refractivity contribution < 1.29 is 4.79 Å². The van der Waals surface area contributed by atoms with Crippen molar-refractivity contribution in [2.24, 2.45) is 0 Å². The van der Waals surface area contributed by atoms with Gasteiger partial charge in [-0.15, -0.1) is 0 Å². The summed E-state index contributed by atoms with van der Waals surface area (Å²) >= 11 is 0. The van der Waals surface area contributed by atoms with E-state index in [-0.39, 0.29) is 6.03 Å². The van der Waals surface area contributed by atoms with Crippen molar-refractivity contribution in [3.8, 4) is 0 Å². The highest BCUT2D eigenvalue weighted by Gasteiger charge is 2.29. The van der Waals surface area contributed by atoms with Gasteiger partial charge in [0.25, 0.3) is 0 Å². The molecule has 0 saturated carbocycles. The van der Waals surface area contributed by atoms with Crippen molar-refractivity contribution in [3.63, 3.8) is 0 Å². The molecule has 56 valence electrons. The van der Waals surface area contributed by atoms with Crippen LogP contribution in [-0.4, -0.2) is 42.0 Å². The number of hydrogen-bond acceptors (Lipinski definition) is 1. The summed E-state index contributed by atoms with van der Waals surface area (Å²) in [6.45, 7) is 3.93. The first-order chi connectivity index (χ1) is 4.88. The largest absolute Gasteiger partial charge is 0.325 e. The summed E-state index contributed by atoms with van der Waals surface area (Å²) in [4.78, 5) is 15.1. The standard InChI is InChI=1S/C7H12N2O/c10-7(9-5-6-9)8-3-1-2-4-8/h1-6H2. The molecule has 2 rings (SSSR count). The molecule has 0 aromatic heterocycles. The van der Waals surface area contributed by atoms with Gasteiger partial charge in [0.05, 0.1) is 0 Å². The fourth-order valence-electron chi connectivity index (χ4n) is 1.35. The Labute approximate surface area is 60.6 Å². The highest BCUT2D eigenvalue weighted by Crippen LogP contribution is 2.14. The van der Waals surface area contributed by atoms with Gasteiger partial charge in [0, 0.05) is 26.2 Å². The molecule has 0 unspecified atom stereocenters. The summed E-state index contributed by atoms with van der Waals surface area (Å²) in [5, 5.41) is 0. The first-order valence-corrected chi connectivity index (χ1v) is 3.92. The number of nitrogens with zero attached hydrogens (tertiary/aromatic N) is 2. The Morgan fingerprint density at radius 2 is 1.40 bits per heavy atom. The fourth-order valence-corrected chi connectivity index (χ4v) is 1.35. The van der Waals surface area contributed by atoms with Crippen LogP contribution in [0.15, 0.2) is 0 Å². The Kier molecular flexibility index (Phi) is 1.29. The van der Waals surface area contributed by atoms with Gasteiger partial charge >= 0.3 is 6.03 Å². The highest BCUT2D eigenvalue weighted by molar-refractivity contribution is 5.76. The van der Waals surface area contributed by atoms with E-state index in [9.17, 15) is 4.79 Å². The zero-order valence-electron chi connectivity index (χ0n) is 6.05. The molecule has 0 radical (unpaired) electrons. The smallest absolute Gasteiger partial charge is 0.320 e. The summed E-state index contributed by atoms with van der Waals surface area (Å²) in [6, 6.07) is 0.262. The van der Waals surface area contributed by atoms with Crippen molar-refractivity contribution >= 4 is 6.03 Å². The molecule has 0 aromatic carbocycles. The molecule has 10 heavy (non-hydrogen) atoms. The van der Waals surface area contributed by atoms with Gasteiger partial charge in [-0.05, 0) is 12.8 Å². The van der Waals surface area contributed by atoms with Gasteiger partial charge in [-0.3, -0.25) is 0 Å². The quantitative estimate of drug-likeness (QED) is 0.450. The average molecular weight is 140 g/mol. The van der Waals surface area contributed by atoms with E-state index in [0.717, 1.165) is 26.2 Å². The maximum atomic E-state index is 11.3. The zero-order valence-corrected chi connectivity index (χ0v) is 6.05. The molecule has 0 atom stereocenters. The van der Waals surface area contributed by atoms with Crippen LogP contribution in [0.2, 0.25) is 0 Å². The maximum Gasteiger partial charge on any atom is 0.320 e. The molecular formula is C7H12N2O. The third-order valence-corrected chi connectivity index (χ3v) is 2.09. The minimum Gasteiger partial charge on any atom is -0.325 e. The highest BCUT2D eigenvalue weighted by atomic mass is 16.2. The van der Waals surface area contributed by atoms with Gasteiger partial charge in [0.1, 0.15) is 0 Å². The topological polar surface area (TPSA) is 23.3 Å². The van der Waals surface area contributed by atoms with Gasteiger partial charge in [-0.25, -0.2) is 4.79 Å². The summed E-state index contributed by atoms with van der Waals surface area (Å²) in [5.74, 6) is 0. The number of rotatable bonds is 0. The van der Waals surface area contributed by atoms with E-state index >= 15 is 0 Å². The normalized spacial score (nSPS) is 23.6. The van der Waals surface area contributed by atoms with Crippen LogP contribution in [0.5, 0.6) is 0 Å². The lowest BCUT2D eigenvalue weighted by molar-refractivity contribution is 0.195. The van der Waals surface area contributed by atoms with E-state index < -0.39 is 0 Å². The lowest BCUT2D eigenvalue weighted by Gasteiger charge is -2.14. The molecule has 2 amide bonds. The predicted molar refractivity (Wildman–Crippen MR) is 37.8 cm³/mol. The Hall–Kier alpha value is -0.730. The van der Waals surface area contributed by atoms with E-state index in [1.807, 2.05) is 9.80 Å². The van der Waals surface area contributed by atoms with Crippen LogP contribution in [0, 0.1) is 0 Å². The minimum absolute atomic E-state index is 0.262. The molecule has 2 saturated heterocycles. The fraction of sp³-hybridized carbons (Fsp3) is 0.857. The van der Waals surface area contributed by atoms with Gasteiger partial charge < -0.3 is 9.80 Å². The molecule has 0 aromatic rings. The second kappa shape index (κ2) is 2.15. The number of likely N-dealkylation sites (tertiary alicyclic amines) is 1. The first-order valence-electron chi connectivity index (χ1n) is 3.92. The van der Waals surface area contributed by atoms with E-state index in [4.69, 9.17) is 0 Å². The summed E-state index contributed by atoms with van der Waals surface area (Å²) in [7, 11) is 0. The van der Waals surface area contributed by atoms with Crippen molar-refractivity contribution in [1.29, 1.82) is 0 Å². The maximum absolute atomic E-state index is 11.3. The summed E-state index contributed by atoms with van der Waals surface area (Å²) in [6.07, 6.45) is 2.39. The van der Waals surface area contributed by atoms with Gasteiger partial charge in [0.15, 0.2) is 0 Å². The van der Waals surface area contributed by atoms with Crippen LogP contribution in [0.25, 0.3) is 0 Å². The molecule has 2 aliphatic rings. The molecular weight excluding hydrogens is 128 g/mol. The van der Waals surface area contributed by atoms with Crippen LogP contribution in [0.1, 0.15) is 12.8 Å². The minimum atomic E-state index is 0.262. The van der Waals surface area contributed by atoms with Crippen LogP contribution >= 0.6 is 0 Å². The van der Waals surface area contributed by atoms with Crippen LogP contribution in [0.4, 0.5) is 4.79 Å². The van der Waals surface area contributed by atoms with Crippen LogP contribution < -0.4 is 0 Å². The van der Waals surface area contributed by atoms with Gasteiger partial charge in [-0.2, -0.15) is 0 Å². The number of amides is 2. The monoisotopic (exact) mass is 140 g/mol. The van der Waals surface area contributed by atoms with E-state index in [1.165, 1.54) is 12.8 Å². The number of urea groups is 1. The Morgan fingerprint density at radius 1 is 0.900 bits per heavy atom. The summed E-state index contributed by atoms with van der Waals surface area (Å²) in [5.41, 5.74) is 0. The van der Waals surface area contributed by atoms with Crippen molar-refractivity contribution in [3.05, 3.63) is 0 Å². The molecule has 0 spiro atoms. The lowest BCUT2D eigenvalue weighted by atomic mass is 10.4. The number of hydrogen-bond donors (Lipinski definition) is 0. The first kappa shape index (κ1) is 6.01. The molecule has 3 heteroatoms. The second-order valence-corrected chi connectivity index (χ2v) is 2.96. The van der Waals surface area contributed by atoms with Gasteiger partial charge in [0.2, 0.25) is 0 Å². The lowest BCUT2D eigenvalue weighted by Crippen LogP contribution is -2.31. The van der Waals surface area contributed by atoms with Crippen molar-refractivity contribution in [2.45, 2.75) is 12.8 Å².